The number of ether oxygens (including phenoxy) is 3. The maximum atomic E-state index is 6.12. The van der Waals surface area contributed by atoms with E-state index in [1.54, 1.807) is 0 Å². The van der Waals surface area contributed by atoms with Gasteiger partial charge in [0, 0.05) is 32.5 Å². The Morgan fingerprint density at radius 2 is 2.05 bits per heavy atom. The number of likely N-dealkylation sites (N-methyl/N-ethyl adjacent to an activating group) is 1. The molecule has 0 aliphatic carbocycles. The number of rotatable bonds is 5. The fraction of sp³-hybridized carbons (Fsp3) is 1.00. The van der Waals surface area contributed by atoms with E-state index < -0.39 is 0 Å². The molecule has 2 aliphatic rings. The van der Waals surface area contributed by atoms with Crippen LogP contribution in [0.5, 0.6) is 0 Å². The smallest absolute Gasteiger partial charge is 0.0729 e. The minimum atomic E-state index is 0.0716. The molecule has 4 nitrogen and oxygen atoms in total. The first kappa shape index (κ1) is 15.2. The summed E-state index contributed by atoms with van der Waals surface area (Å²) in [5, 5.41) is 3.47. The molecule has 0 amide bonds. The monoisotopic (exact) mass is 271 g/mol. The predicted octanol–water partition coefficient (Wildman–Crippen LogP) is 1.98. The maximum absolute atomic E-state index is 6.12. The van der Waals surface area contributed by atoms with Gasteiger partial charge in [0.15, 0.2) is 0 Å². The molecule has 19 heavy (non-hydrogen) atoms. The van der Waals surface area contributed by atoms with Crippen LogP contribution in [-0.4, -0.2) is 51.2 Å². The summed E-state index contributed by atoms with van der Waals surface area (Å²) in [4.78, 5) is 0. The topological polar surface area (TPSA) is 39.7 Å². The molecule has 2 rings (SSSR count). The molecule has 0 radical (unpaired) electrons. The standard InChI is InChI=1S/C15H29NO3/c1-4-18-12(2)14(16-3)13-5-8-19-15(11-13)6-9-17-10-7-15/h12-14,16H,4-11H2,1-3H3. The Bertz CT molecular complexity index is 261. The van der Waals surface area contributed by atoms with Gasteiger partial charge in [0.2, 0.25) is 0 Å². The summed E-state index contributed by atoms with van der Waals surface area (Å²) in [5.41, 5.74) is 0.0716. The lowest BCUT2D eigenvalue weighted by molar-refractivity contribution is -0.154. The third-order valence-electron chi connectivity index (χ3n) is 4.71. The number of hydrogen-bond donors (Lipinski definition) is 1. The molecule has 2 saturated heterocycles. The van der Waals surface area contributed by atoms with Crippen molar-refractivity contribution in [3.8, 4) is 0 Å². The molecule has 0 aromatic carbocycles. The average Bonchev–Trinajstić information content (AvgIpc) is 2.41. The summed E-state index contributed by atoms with van der Waals surface area (Å²) in [6.07, 6.45) is 4.62. The normalized spacial score (nSPS) is 30.2. The second-order valence-corrected chi connectivity index (χ2v) is 5.87. The molecule has 3 unspecified atom stereocenters. The van der Waals surface area contributed by atoms with Crippen LogP contribution in [0.1, 0.15) is 39.5 Å². The Balaban J connectivity index is 1.98. The van der Waals surface area contributed by atoms with Crippen LogP contribution in [-0.2, 0) is 14.2 Å². The van der Waals surface area contributed by atoms with Crippen LogP contribution < -0.4 is 5.32 Å². The van der Waals surface area contributed by atoms with Crippen LogP contribution in [0.2, 0.25) is 0 Å². The van der Waals surface area contributed by atoms with E-state index in [0.29, 0.717) is 12.0 Å². The first-order valence-electron chi connectivity index (χ1n) is 7.71. The minimum Gasteiger partial charge on any atom is -0.381 e. The zero-order valence-corrected chi connectivity index (χ0v) is 12.6. The molecule has 0 bridgehead atoms. The van der Waals surface area contributed by atoms with E-state index in [0.717, 1.165) is 52.1 Å². The summed E-state index contributed by atoms with van der Waals surface area (Å²) in [7, 11) is 2.05. The Hall–Kier alpha value is -0.160. The molecule has 4 heteroatoms. The van der Waals surface area contributed by atoms with Crippen LogP contribution >= 0.6 is 0 Å². The highest BCUT2D eigenvalue weighted by Gasteiger charge is 2.42. The van der Waals surface area contributed by atoms with Crippen molar-refractivity contribution in [1.29, 1.82) is 0 Å². The molecule has 2 aliphatic heterocycles. The van der Waals surface area contributed by atoms with Gasteiger partial charge in [-0.3, -0.25) is 0 Å². The molecule has 2 fully saturated rings. The van der Waals surface area contributed by atoms with Crippen LogP contribution in [0.3, 0.4) is 0 Å². The molecule has 112 valence electrons. The molecule has 3 atom stereocenters. The van der Waals surface area contributed by atoms with Gasteiger partial charge < -0.3 is 19.5 Å². The highest BCUT2D eigenvalue weighted by molar-refractivity contribution is 4.94. The molecule has 1 spiro atoms. The first-order valence-corrected chi connectivity index (χ1v) is 7.71. The van der Waals surface area contributed by atoms with Gasteiger partial charge in [-0.25, -0.2) is 0 Å². The van der Waals surface area contributed by atoms with E-state index in [9.17, 15) is 0 Å². The van der Waals surface area contributed by atoms with Gasteiger partial charge in [-0.1, -0.05) is 0 Å². The van der Waals surface area contributed by atoms with Gasteiger partial charge in [-0.2, -0.15) is 0 Å². The van der Waals surface area contributed by atoms with E-state index in [1.165, 1.54) is 0 Å². The zero-order valence-electron chi connectivity index (χ0n) is 12.6. The van der Waals surface area contributed by atoms with Gasteiger partial charge in [0.05, 0.1) is 11.7 Å². The Morgan fingerprint density at radius 1 is 1.32 bits per heavy atom. The van der Waals surface area contributed by atoms with Gasteiger partial charge in [0.25, 0.3) is 0 Å². The fourth-order valence-electron chi connectivity index (χ4n) is 3.68. The molecule has 0 aromatic rings. The lowest BCUT2D eigenvalue weighted by Gasteiger charge is -2.46. The SMILES string of the molecule is CCOC(C)C(NC)C1CCOC2(CCOCC2)C1. The van der Waals surface area contributed by atoms with Crippen LogP contribution in [0.15, 0.2) is 0 Å². The minimum absolute atomic E-state index is 0.0716. The van der Waals surface area contributed by atoms with Gasteiger partial charge >= 0.3 is 0 Å². The van der Waals surface area contributed by atoms with Crippen molar-refractivity contribution in [1.82, 2.24) is 5.32 Å². The van der Waals surface area contributed by atoms with Crippen LogP contribution in [0, 0.1) is 5.92 Å². The van der Waals surface area contributed by atoms with Crippen LogP contribution in [0.25, 0.3) is 0 Å². The summed E-state index contributed by atoms with van der Waals surface area (Å²) in [5.74, 6) is 0.637. The number of nitrogens with one attached hydrogen (secondary N) is 1. The zero-order chi connectivity index (χ0) is 13.7. The van der Waals surface area contributed by atoms with E-state index >= 15 is 0 Å². The second-order valence-electron chi connectivity index (χ2n) is 5.87. The van der Waals surface area contributed by atoms with Crippen molar-refractivity contribution in [3.63, 3.8) is 0 Å². The Labute approximate surface area is 117 Å². The largest absolute Gasteiger partial charge is 0.381 e. The molecular weight excluding hydrogens is 242 g/mol. The third kappa shape index (κ3) is 3.69. The molecule has 0 saturated carbocycles. The van der Waals surface area contributed by atoms with E-state index in [2.05, 4.69) is 19.2 Å². The van der Waals surface area contributed by atoms with Gasteiger partial charge in [0.1, 0.15) is 0 Å². The van der Waals surface area contributed by atoms with Crippen molar-refractivity contribution < 1.29 is 14.2 Å². The highest BCUT2D eigenvalue weighted by atomic mass is 16.5. The predicted molar refractivity (Wildman–Crippen MR) is 75.4 cm³/mol. The van der Waals surface area contributed by atoms with E-state index in [4.69, 9.17) is 14.2 Å². The fourth-order valence-corrected chi connectivity index (χ4v) is 3.68. The van der Waals surface area contributed by atoms with Crippen molar-refractivity contribution in [3.05, 3.63) is 0 Å². The van der Waals surface area contributed by atoms with E-state index in [-0.39, 0.29) is 11.7 Å². The van der Waals surface area contributed by atoms with Crippen molar-refractivity contribution in [2.75, 3.05) is 33.5 Å². The summed E-state index contributed by atoms with van der Waals surface area (Å²) < 4.78 is 17.4. The molecule has 2 heterocycles. The average molecular weight is 271 g/mol. The van der Waals surface area contributed by atoms with Crippen LogP contribution in [0.4, 0.5) is 0 Å². The lowest BCUT2D eigenvalue weighted by atomic mass is 9.76. The van der Waals surface area contributed by atoms with Gasteiger partial charge in [-0.05, 0) is 52.5 Å². The Kier molecular flexibility index (Phi) is 5.63. The second kappa shape index (κ2) is 7.02. The molecule has 0 aromatic heterocycles. The van der Waals surface area contributed by atoms with E-state index in [1.807, 2.05) is 7.05 Å². The van der Waals surface area contributed by atoms with Gasteiger partial charge in [-0.15, -0.1) is 0 Å². The van der Waals surface area contributed by atoms with Crippen molar-refractivity contribution in [2.24, 2.45) is 5.92 Å². The third-order valence-corrected chi connectivity index (χ3v) is 4.71. The summed E-state index contributed by atoms with van der Waals surface area (Å²) >= 11 is 0. The quantitative estimate of drug-likeness (QED) is 0.830. The maximum Gasteiger partial charge on any atom is 0.0729 e. The lowest BCUT2D eigenvalue weighted by Crippen LogP contribution is -2.52. The molecule has 1 N–H and O–H groups in total. The van der Waals surface area contributed by atoms with Crippen molar-refractivity contribution in [2.45, 2.75) is 57.3 Å². The highest BCUT2D eigenvalue weighted by Crippen LogP contribution is 2.38. The Morgan fingerprint density at radius 3 is 2.68 bits per heavy atom. The molecular formula is C15H29NO3. The number of hydrogen-bond acceptors (Lipinski definition) is 4. The van der Waals surface area contributed by atoms with Crippen molar-refractivity contribution >= 4 is 0 Å². The summed E-state index contributed by atoms with van der Waals surface area (Å²) in [6, 6.07) is 0.420. The summed E-state index contributed by atoms with van der Waals surface area (Å²) in [6.45, 7) is 7.59. The first-order chi connectivity index (χ1) is 9.21.